The van der Waals surface area contributed by atoms with Crippen LogP contribution in [0.25, 0.3) is 10.9 Å². The van der Waals surface area contributed by atoms with E-state index >= 15 is 0 Å². The molecule has 2 heteroatoms. The maximum absolute atomic E-state index is 3.49. The Morgan fingerprint density at radius 2 is 2.06 bits per heavy atom. The van der Waals surface area contributed by atoms with Gasteiger partial charge in [0.1, 0.15) is 0 Å². The van der Waals surface area contributed by atoms with Crippen LogP contribution in [0.1, 0.15) is 29.9 Å². The summed E-state index contributed by atoms with van der Waals surface area (Å²) in [5.41, 5.74) is 4.26. The second-order valence-electron chi connectivity index (χ2n) is 5.99. The lowest BCUT2D eigenvalue weighted by molar-refractivity contribution is 0.0876. The van der Waals surface area contributed by atoms with Crippen molar-refractivity contribution in [2.45, 2.75) is 25.7 Å². The molecule has 3 fully saturated rings. The third-order valence-electron chi connectivity index (χ3n) is 5.01. The fourth-order valence-corrected chi connectivity index (χ4v) is 3.95. The highest BCUT2D eigenvalue weighted by Crippen LogP contribution is 2.41. The Kier molecular flexibility index (Phi) is 2.28. The van der Waals surface area contributed by atoms with E-state index in [0.717, 1.165) is 11.8 Å². The standard InChI is InChI=1S/C16H20N2/c1-11-3-2-4-13-14(9-17-16(11)13)15-10-18-7-5-12(15)6-8-18/h2-4,9,12,15,17H,5-8,10H2,1H3. The Bertz CT molecular complexity index is 576. The smallest absolute Gasteiger partial charge is 0.0486 e. The number of piperidine rings is 3. The van der Waals surface area contributed by atoms with Gasteiger partial charge in [-0.25, -0.2) is 0 Å². The van der Waals surface area contributed by atoms with Crippen molar-refractivity contribution >= 4 is 10.9 Å². The highest BCUT2D eigenvalue weighted by atomic mass is 15.1. The third-order valence-corrected chi connectivity index (χ3v) is 5.01. The lowest BCUT2D eigenvalue weighted by atomic mass is 9.75. The van der Waals surface area contributed by atoms with Gasteiger partial charge in [0.15, 0.2) is 0 Å². The molecule has 1 aromatic carbocycles. The zero-order chi connectivity index (χ0) is 12.1. The van der Waals surface area contributed by atoms with Crippen LogP contribution in [0.15, 0.2) is 24.4 Å². The number of hydrogen-bond acceptors (Lipinski definition) is 1. The van der Waals surface area contributed by atoms with Crippen molar-refractivity contribution in [3.63, 3.8) is 0 Å². The summed E-state index contributed by atoms with van der Waals surface area (Å²) in [6.45, 7) is 6.11. The first-order valence-electron chi connectivity index (χ1n) is 7.12. The molecule has 3 aliphatic heterocycles. The highest BCUT2D eigenvalue weighted by molar-refractivity contribution is 5.86. The van der Waals surface area contributed by atoms with Crippen LogP contribution in [0.5, 0.6) is 0 Å². The Morgan fingerprint density at radius 1 is 1.22 bits per heavy atom. The molecule has 2 nitrogen and oxygen atoms in total. The summed E-state index contributed by atoms with van der Waals surface area (Å²) in [4.78, 5) is 6.13. The van der Waals surface area contributed by atoms with Gasteiger partial charge in [0.2, 0.25) is 0 Å². The van der Waals surface area contributed by atoms with E-state index in [0.29, 0.717) is 0 Å². The SMILES string of the molecule is Cc1cccc2c(C3CN4CCC3CC4)c[nH]c12. The highest BCUT2D eigenvalue weighted by Gasteiger charge is 2.35. The number of rotatable bonds is 1. The van der Waals surface area contributed by atoms with Crippen LogP contribution in [0, 0.1) is 12.8 Å². The molecule has 2 bridgehead atoms. The number of aryl methyl sites for hydroxylation is 1. The molecule has 1 aromatic heterocycles. The monoisotopic (exact) mass is 240 g/mol. The summed E-state index contributed by atoms with van der Waals surface area (Å²) in [6.07, 6.45) is 5.05. The van der Waals surface area contributed by atoms with Crippen molar-refractivity contribution in [1.82, 2.24) is 9.88 Å². The van der Waals surface area contributed by atoms with Gasteiger partial charge in [-0.15, -0.1) is 0 Å². The lowest BCUT2D eigenvalue weighted by Gasteiger charge is -2.44. The number of aromatic nitrogens is 1. The van der Waals surface area contributed by atoms with Crippen LogP contribution in [0.2, 0.25) is 0 Å². The Balaban J connectivity index is 1.81. The second-order valence-corrected chi connectivity index (χ2v) is 5.99. The molecule has 0 saturated carbocycles. The largest absolute Gasteiger partial charge is 0.361 e. The lowest BCUT2D eigenvalue weighted by Crippen LogP contribution is -2.46. The quantitative estimate of drug-likeness (QED) is 0.810. The molecule has 0 spiro atoms. The number of hydrogen-bond donors (Lipinski definition) is 1. The summed E-state index contributed by atoms with van der Waals surface area (Å²) in [7, 11) is 0. The van der Waals surface area contributed by atoms with Gasteiger partial charge < -0.3 is 9.88 Å². The van der Waals surface area contributed by atoms with Gasteiger partial charge in [0.05, 0.1) is 0 Å². The Morgan fingerprint density at radius 3 is 2.78 bits per heavy atom. The van der Waals surface area contributed by atoms with E-state index in [2.05, 4.69) is 41.2 Å². The van der Waals surface area contributed by atoms with Crippen molar-refractivity contribution in [3.8, 4) is 0 Å². The number of aromatic amines is 1. The summed E-state index contributed by atoms with van der Waals surface area (Å²) < 4.78 is 0. The summed E-state index contributed by atoms with van der Waals surface area (Å²) in [6, 6.07) is 6.67. The fourth-order valence-electron chi connectivity index (χ4n) is 3.95. The van der Waals surface area contributed by atoms with Crippen LogP contribution < -0.4 is 0 Å². The van der Waals surface area contributed by atoms with Gasteiger partial charge in [-0.05, 0) is 49.9 Å². The summed E-state index contributed by atoms with van der Waals surface area (Å²) in [5, 5.41) is 1.45. The molecule has 3 aliphatic rings. The van der Waals surface area contributed by atoms with E-state index in [4.69, 9.17) is 0 Å². The van der Waals surface area contributed by atoms with Crippen LogP contribution >= 0.6 is 0 Å². The van der Waals surface area contributed by atoms with E-state index in [1.807, 2.05) is 0 Å². The molecule has 1 atom stereocenters. The van der Waals surface area contributed by atoms with Gasteiger partial charge in [-0.3, -0.25) is 0 Å². The molecule has 1 N–H and O–H groups in total. The normalized spacial score (nSPS) is 31.1. The van der Waals surface area contributed by atoms with E-state index < -0.39 is 0 Å². The zero-order valence-electron chi connectivity index (χ0n) is 10.9. The molecule has 94 valence electrons. The molecule has 18 heavy (non-hydrogen) atoms. The van der Waals surface area contributed by atoms with Crippen LogP contribution in [0.3, 0.4) is 0 Å². The van der Waals surface area contributed by atoms with Crippen molar-refractivity contribution in [2.75, 3.05) is 19.6 Å². The Hall–Kier alpha value is -1.28. The maximum Gasteiger partial charge on any atom is 0.0486 e. The minimum absolute atomic E-state index is 0.753. The number of fused-ring (bicyclic) bond motifs is 4. The number of nitrogens with one attached hydrogen (secondary N) is 1. The van der Waals surface area contributed by atoms with Crippen LogP contribution in [-0.2, 0) is 0 Å². The first kappa shape index (κ1) is 10.6. The molecule has 1 unspecified atom stereocenters. The van der Waals surface area contributed by atoms with E-state index in [-0.39, 0.29) is 0 Å². The van der Waals surface area contributed by atoms with Gasteiger partial charge in [0.25, 0.3) is 0 Å². The molecule has 2 aromatic rings. The van der Waals surface area contributed by atoms with Crippen molar-refractivity contribution in [1.29, 1.82) is 0 Å². The van der Waals surface area contributed by atoms with Gasteiger partial charge >= 0.3 is 0 Å². The second kappa shape index (κ2) is 3.86. The van der Waals surface area contributed by atoms with Gasteiger partial charge in [0, 0.05) is 29.6 Å². The summed E-state index contributed by atoms with van der Waals surface area (Å²) >= 11 is 0. The van der Waals surface area contributed by atoms with E-state index in [9.17, 15) is 0 Å². The first-order chi connectivity index (χ1) is 8.83. The average molecular weight is 240 g/mol. The van der Waals surface area contributed by atoms with Gasteiger partial charge in [-0.1, -0.05) is 18.2 Å². The van der Waals surface area contributed by atoms with Gasteiger partial charge in [-0.2, -0.15) is 0 Å². The number of benzene rings is 1. The third kappa shape index (κ3) is 1.45. The first-order valence-corrected chi connectivity index (χ1v) is 7.12. The predicted molar refractivity (Wildman–Crippen MR) is 74.9 cm³/mol. The number of nitrogens with zero attached hydrogens (tertiary/aromatic N) is 1. The zero-order valence-corrected chi connectivity index (χ0v) is 10.9. The molecule has 4 heterocycles. The number of para-hydroxylation sites is 1. The maximum atomic E-state index is 3.49. The Labute approximate surface area is 108 Å². The molecule has 0 aliphatic carbocycles. The topological polar surface area (TPSA) is 19.0 Å². The van der Waals surface area contributed by atoms with E-state index in [1.54, 1.807) is 5.56 Å². The predicted octanol–water partition coefficient (Wildman–Crippen LogP) is 3.29. The molecule has 0 radical (unpaired) electrons. The molecular weight excluding hydrogens is 220 g/mol. The van der Waals surface area contributed by atoms with Crippen molar-refractivity contribution < 1.29 is 0 Å². The molecule has 5 rings (SSSR count). The minimum Gasteiger partial charge on any atom is -0.361 e. The van der Waals surface area contributed by atoms with E-state index in [1.165, 1.54) is 48.9 Å². The van der Waals surface area contributed by atoms with Crippen molar-refractivity contribution in [3.05, 3.63) is 35.5 Å². The fraction of sp³-hybridized carbons (Fsp3) is 0.500. The molecule has 0 amide bonds. The summed E-state index contributed by atoms with van der Waals surface area (Å²) in [5.74, 6) is 1.66. The number of H-pyrrole nitrogens is 1. The average Bonchev–Trinajstić information content (AvgIpc) is 2.85. The van der Waals surface area contributed by atoms with Crippen LogP contribution in [-0.4, -0.2) is 29.5 Å². The molecular formula is C16H20N2. The minimum atomic E-state index is 0.753. The van der Waals surface area contributed by atoms with Crippen LogP contribution in [0.4, 0.5) is 0 Å². The molecule has 3 saturated heterocycles. The van der Waals surface area contributed by atoms with Crippen molar-refractivity contribution in [2.24, 2.45) is 5.92 Å².